The maximum absolute atomic E-state index is 11.6. The van der Waals surface area contributed by atoms with Gasteiger partial charge in [-0.3, -0.25) is 19.3 Å². The molecule has 4 heterocycles. The number of nitrogens with zero attached hydrogens (tertiary/aromatic N) is 4. The van der Waals surface area contributed by atoms with Crippen LogP contribution in [-0.2, 0) is 0 Å². The molecular weight excluding hydrogens is 316 g/mol. The Hall–Kier alpha value is -3.48. The molecule has 4 aromatic heterocycles. The molecule has 0 aromatic carbocycles. The molecule has 0 atom stereocenters. The van der Waals surface area contributed by atoms with E-state index in [1.54, 1.807) is 4.40 Å². The lowest BCUT2D eigenvalue weighted by Gasteiger charge is -2.07. The quantitative estimate of drug-likeness (QED) is 0.601. The zero-order valence-electron chi connectivity index (χ0n) is 13.8. The van der Waals surface area contributed by atoms with Crippen LogP contribution in [-0.4, -0.2) is 30.5 Å². The Labute approximate surface area is 143 Å². The van der Waals surface area contributed by atoms with Gasteiger partial charge in [0, 0.05) is 28.7 Å². The van der Waals surface area contributed by atoms with Gasteiger partial charge in [-0.15, -0.1) is 0 Å². The number of carbonyl (C=O) groups is 1. The van der Waals surface area contributed by atoms with Crippen molar-refractivity contribution in [2.45, 2.75) is 13.8 Å². The van der Waals surface area contributed by atoms with Gasteiger partial charge < -0.3 is 5.73 Å². The second-order valence-corrected chi connectivity index (χ2v) is 5.89. The molecule has 0 aliphatic rings. The van der Waals surface area contributed by atoms with Crippen molar-refractivity contribution in [2.75, 3.05) is 0 Å². The normalized spacial score (nSPS) is 11.1. The highest BCUT2D eigenvalue weighted by Crippen LogP contribution is 2.32. The van der Waals surface area contributed by atoms with Crippen molar-refractivity contribution in [3.05, 3.63) is 59.8 Å². The third-order valence-electron chi connectivity index (χ3n) is 4.12. The van der Waals surface area contributed by atoms with E-state index in [-0.39, 0.29) is 0 Å². The Balaban J connectivity index is 1.93. The average molecular weight is 332 g/mol. The van der Waals surface area contributed by atoms with Crippen molar-refractivity contribution >= 4 is 11.6 Å². The molecule has 0 spiro atoms. The summed E-state index contributed by atoms with van der Waals surface area (Å²) in [6, 6.07) is 9.62. The Kier molecular flexibility index (Phi) is 3.35. The molecule has 0 radical (unpaired) electrons. The van der Waals surface area contributed by atoms with Gasteiger partial charge in [0.05, 0.1) is 11.9 Å². The van der Waals surface area contributed by atoms with Crippen LogP contribution in [0.5, 0.6) is 0 Å². The molecule has 0 unspecified atom stereocenters. The zero-order valence-corrected chi connectivity index (χ0v) is 13.8. The van der Waals surface area contributed by atoms with E-state index in [9.17, 15) is 4.79 Å². The van der Waals surface area contributed by atoms with Gasteiger partial charge in [-0.25, -0.2) is 4.98 Å². The number of H-pyrrole nitrogens is 1. The number of aromatic amines is 1. The SMILES string of the molecule is Cc1cccc(-c2n[nH]c(C)c2-c2ccc3ncc(C(N)=O)n3c2)n1. The van der Waals surface area contributed by atoms with Crippen LogP contribution in [0, 0.1) is 13.8 Å². The number of pyridine rings is 2. The van der Waals surface area contributed by atoms with E-state index in [1.165, 1.54) is 6.20 Å². The minimum Gasteiger partial charge on any atom is -0.364 e. The van der Waals surface area contributed by atoms with Gasteiger partial charge >= 0.3 is 0 Å². The van der Waals surface area contributed by atoms with Crippen molar-refractivity contribution in [3.63, 3.8) is 0 Å². The maximum Gasteiger partial charge on any atom is 0.267 e. The molecule has 4 rings (SSSR count). The molecular formula is C18H16N6O. The Morgan fingerprint density at radius 1 is 1.20 bits per heavy atom. The predicted octanol–water partition coefficient (Wildman–Crippen LogP) is 2.50. The minimum atomic E-state index is -0.519. The standard InChI is InChI=1S/C18H16N6O/c1-10-4-3-5-13(21-10)17-16(11(2)22-23-17)12-6-7-15-20-8-14(18(19)25)24(15)9-12/h3-9H,1-2H3,(H2,19,25)(H,22,23). The second kappa shape index (κ2) is 5.55. The lowest BCUT2D eigenvalue weighted by Crippen LogP contribution is -2.13. The van der Waals surface area contributed by atoms with Gasteiger partial charge in [0.1, 0.15) is 17.0 Å². The van der Waals surface area contributed by atoms with Crippen LogP contribution in [0.4, 0.5) is 0 Å². The predicted molar refractivity (Wildman–Crippen MR) is 94.0 cm³/mol. The van der Waals surface area contributed by atoms with Crippen LogP contribution in [0.1, 0.15) is 21.9 Å². The van der Waals surface area contributed by atoms with Crippen molar-refractivity contribution in [1.29, 1.82) is 0 Å². The third kappa shape index (κ3) is 2.46. The van der Waals surface area contributed by atoms with Crippen LogP contribution < -0.4 is 5.73 Å². The first kappa shape index (κ1) is 15.1. The summed E-state index contributed by atoms with van der Waals surface area (Å²) in [7, 11) is 0. The van der Waals surface area contributed by atoms with Crippen LogP contribution in [0.15, 0.2) is 42.7 Å². The summed E-state index contributed by atoms with van der Waals surface area (Å²) in [6.45, 7) is 3.90. The monoisotopic (exact) mass is 332 g/mol. The highest BCUT2D eigenvalue weighted by atomic mass is 16.1. The van der Waals surface area contributed by atoms with Crippen LogP contribution >= 0.6 is 0 Å². The number of primary amides is 1. The number of nitrogens with two attached hydrogens (primary N) is 1. The molecule has 1 amide bonds. The fourth-order valence-corrected chi connectivity index (χ4v) is 2.95. The molecule has 7 heteroatoms. The number of nitrogens with one attached hydrogen (secondary N) is 1. The van der Waals surface area contributed by atoms with Crippen LogP contribution in [0.3, 0.4) is 0 Å². The van der Waals surface area contributed by atoms with Gasteiger partial charge in [-0.05, 0) is 38.1 Å². The number of fused-ring (bicyclic) bond motifs is 1. The second-order valence-electron chi connectivity index (χ2n) is 5.89. The number of aryl methyl sites for hydroxylation is 2. The first-order valence-electron chi connectivity index (χ1n) is 7.81. The Bertz CT molecular complexity index is 1110. The number of hydrogen-bond donors (Lipinski definition) is 2. The van der Waals surface area contributed by atoms with E-state index in [4.69, 9.17) is 5.73 Å². The summed E-state index contributed by atoms with van der Waals surface area (Å²) in [6.07, 6.45) is 3.33. The van der Waals surface area contributed by atoms with E-state index in [2.05, 4.69) is 20.2 Å². The topological polar surface area (TPSA) is 102 Å². The largest absolute Gasteiger partial charge is 0.364 e. The molecule has 0 aliphatic heterocycles. The molecule has 0 fully saturated rings. The third-order valence-corrected chi connectivity index (χ3v) is 4.12. The molecule has 124 valence electrons. The number of imidazole rings is 1. The van der Waals surface area contributed by atoms with Crippen LogP contribution in [0.25, 0.3) is 28.2 Å². The van der Waals surface area contributed by atoms with Gasteiger partial charge in [0.25, 0.3) is 5.91 Å². The van der Waals surface area contributed by atoms with Gasteiger partial charge in [-0.2, -0.15) is 5.10 Å². The highest BCUT2D eigenvalue weighted by Gasteiger charge is 2.17. The molecule has 0 saturated carbocycles. The van der Waals surface area contributed by atoms with E-state index in [0.29, 0.717) is 11.3 Å². The van der Waals surface area contributed by atoms with Gasteiger partial charge in [0.2, 0.25) is 0 Å². The Morgan fingerprint density at radius 3 is 2.80 bits per heavy atom. The van der Waals surface area contributed by atoms with Crippen molar-refractivity contribution in [1.82, 2.24) is 24.6 Å². The van der Waals surface area contributed by atoms with Gasteiger partial charge in [0.15, 0.2) is 0 Å². The van der Waals surface area contributed by atoms with E-state index < -0.39 is 5.91 Å². The molecule has 0 aliphatic carbocycles. The van der Waals surface area contributed by atoms with Gasteiger partial charge in [-0.1, -0.05) is 6.07 Å². The fraction of sp³-hybridized carbons (Fsp3) is 0.111. The van der Waals surface area contributed by atoms with E-state index >= 15 is 0 Å². The molecule has 3 N–H and O–H groups in total. The lowest BCUT2D eigenvalue weighted by atomic mass is 10.0. The van der Waals surface area contributed by atoms with E-state index in [0.717, 1.165) is 33.9 Å². The van der Waals surface area contributed by atoms with E-state index in [1.807, 2.05) is 50.4 Å². The fourth-order valence-electron chi connectivity index (χ4n) is 2.95. The summed E-state index contributed by atoms with van der Waals surface area (Å²) in [5.74, 6) is -0.519. The summed E-state index contributed by atoms with van der Waals surface area (Å²) >= 11 is 0. The number of hydrogen-bond acceptors (Lipinski definition) is 4. The summed E-state index contributed by atoms with van der Waals surface area (Å²) in [5.41, 5.74) is 11.7. The molecule has 7 nitrogen and oxygen atoms in total. The number of carbonyl (C=O) groups excluding carboxylic acids is 1. The van der Waals surface area contributed by atoms with Crippen molar-refractivity contribution in [2.24, 2.45) is 5.73 Å². The molecule has 0 bridgehead atoms. The first-order valence-corrected chi connectivity index (χ1v) is 7.81. The smallest absolute Gasteiger partial charge is 0.267 e. The molecule has 0 saturated heterocycles. The van der Waals surface area contributed by atoms with Crippen molar-refractivity contribution < 1.29 is 4.79 Å². The number of rotatable bonds is 3. The van der Waals surface area contributed by atoms with Crippen LogP contribution in [0.2, 0.25) is 0 Å². The van der Waals surface area contributed by atoms with Crippen molar-refractivity contribution in [3.8, 4) is 22.5 Å². The summed E-state index contributed by atoms with van der Waals surface area (Å²) in [5, 5.41) is 7.45. The number of amides is 1. The highest BCUT2D eigenvalue weighted by molar-refractivity contribution is 5.92. The Morgan fingerprint density at radius 2 is 2.04 bits per heavy atom. The molecule has 4 aromatic rings. The average Bonchev–Trinajstić information content (AvgIpc) is 3.17. The number of aromatic nitrogens is 5. The minimum absolute atomic E-state index is 0.341. The maximum atomic E-state index is 11.6. The zero-order chi connectivity index (χ0) is 17.6. The summed E-state index contributed by atoms with van der Waals surface area (Å²) in [4.78, 5) is 20.4. The molecule has 25 heavy (non-hydrogen) atoms. The summed E-state index contributed by atoms with van der Waals surface area (Å²) < 4.78 is 1.69. The first-order chi connectivity index (χ1) is 12.0. The lowest BCUT2D eigenvalue weighted by molar-refractivity contribution is 0.0995.